The number of benzene rings is 1. The Labute approximate surface area is 608 Å². The Morgan fingerprint density at radius 3 is 1.17 bits per heavy atom. The maximum absolute atomic E-state index is 14.5. The molecule has 13 amide bonds. The van der Waals surface area contributed by atoms with Crippen molar-refractivity contribution < 1.29 is 102 Å². The van der Waals surface area contributed by atoms with Crippen LogP contribution in [0.4, 0.5) is 0 Å². The van der Waals surface area contributed by atoms with Gasteiger partial charge in [-0.1, -0.05) is 77.8 Å². The molecule has 0 saturated carbocycles. The van der Waals surface area contributed by atoms with E-state index in [4.69, 9.17) is 28.0 Å². The number of aryl methyl sites for hydroxylation is 1. The van der Waals surface area contributed by atoms with E-state index in [2.05, 4.69) is 68.8 Å². The predicted molar refractivity (Wildman–Crippen MR) is 378 cm³/mol. The molecular weight excluding hydrogens is 1380 g/mol. The number of carboxylic acid groups (broad SMARTS) is 4. The Hall–Kier alpha value is -10.6. The van der Waals surface area contributed by atoms with Crippen LogP contribution in [0.2, 0.25) is 0 Å². The number of carbonyl (C=O) groups is 17. The molecule has 0 aliphatic heterocycles. The van der Waals surface area contributed by atoms with Crippen molar-refractivity contribution in [1.29, 1.82) is 0 Å². The van der Waals surface area contributed by atoms with Crippen molar-refractivity contribution in [2.24, 2.45) is 39.8 Å². The van der Waals surface area contributed by atoms with Gasteiger partial charge >= 0.3 is 23.9 Å². The number of hydrogen-bond donors (Lipinski definition) is 20. The second kappa shape index (κ2) is 49.9. The van der Waals surface area contributed by atoms with Crippen LogP contribution in [0, 0.1) is 11.8 Å². The number of primary amides is 1. The summed E-state index contributed by atoms with van der Waals surface area (Å²) in [5.41, 5.74) is 22.8. The van der Waals surface area contributed by atoms with Gasteiger partial charge in [-0.25, -0.2) is 0 Å². The van der Waals surface area contributed by atoms with Gasteiger partial charge < -0.3 is 107 Å². The SMILES string of the molecule is CCCC[C@H](NC(=O)[C@H](CCC(N)=O)NC(=O)[C@H](CCCCN)NC(=O)[C@@H](CCc1ccccc1)NC(=O)[C@H](CC(C)C)NC(=O)CCC(=O)O)C(=O)N[C@@H](CCC(=O)O)C(=O)N[C@@H](CCC(=O)O)C(=O)N[C@@H](CCC(=O)O)C(=O)N[C@@H](C)C(=O)N[C@H](C(=O)N[C@@H](CCCN=C(N)N)C(=O)NC)C(C)C. The molecule has 11 atom stereocenters. The normalized spacial score (nSPS) is 14.1. The van der Waals surface area contributed by atoms with Crippen LogP contribution in [0.15, 0.2) is 35.3 Å². The number of amides is 13. The summed E-state index contributed by atoms with van der Waals surface area (Å²) in [4.78, 5) is 230. The molecule has 0 radical (unpaired) electrons. The molecule has 0 saturated heterocycles. The standard InChI is InChI=1S/C67H109N17O21/c1-8-9-18-41(76-62(101)44(23-27-49(69)85)78-60(99)42(19-13-14-33-68)77-61(100)43(22-21-39-16-11-10-12-17-39)82-65(104)48(35-36(2)3)75-50(86)28-32-54(93)94)59(98)80-46(25-30-52(89)90)64(103)81-47(26-31-53(91)92)63(102)79-45(24-29-51(87)88)58(97)74-38(6)56(95)84-55(37(4)5)66(105)83-40(57(96)72-7)20-15-34-73-67(70)71/h10-12,16-17,36-38,40-48,55H,8-9,13-15,18-35,68H2,1-7H3,(H2,69,85)(H,72,96)(H,74,97)(H,75,86)(H,76,101)(H,77,100)(H,78,99)(H,79,102)(H,80,98)(H,81,103)(H,82,104)(H,83,105)(H,84,95)(H,87,88)(H,89,90)(H,91,92)(H,93,94)(H4,70,71,73)/t38-,40-,41-,42-,43+,44-,45-,46-,47-,48-,55-/m0/s1. The quantitative estimate of drug-likeness (QED) is 0.0171. The van der Waals surface area contributed by atoms with Crippen LogP contribution >= 0.6 is 0 Å². The number of guanidine groups is 1. The zero-order valence-corrected chi connectivity index (χ0v) is 60.6. The van der Waals surface area contributed by atoms with Crippen LogP contribution in [0.25, 0.3) is 0 Å². The summed E-state index contributed by atoms with van der Waals surface area (Å²) in [6.07, 6.45) is -5.05. The van der Waals surface area contributed by atoms with Crippen molar-refractivity contribution in [3.05, 3.63) is 35.9 Å². The zero-order chi connectivity index (χ0) is 79.5. The van der Waals surface area contributed by atoms with E-state index in [1.54, 1.807) is 65.0 Å². The highest BCUT2D eigenvalue weighted by molar-refractivity contribution is 6.00. The molecule has 105 heavy (non-hydrogen) atoms. The van der Waals surface area contributed by atoms with E-state index >= 15 is 0 Å². The number of nitrogens with one attached hydrogen (secondary N) is 12. The molecule has 0 bridgehead atoms. The third-order valence-electron chi connectivity index (χ3n) is 16.2. The fourth-order valence-electron chi connectivity index (χ4n) is 10.3. The number of aliphatic carboxylic acids is 4. The molecular formula is C67H109N17O21. The first-order chi connectivity index (χ1) is 49.4. The fraction of sp³-hybridized carbons (Fsp3) is 0.642. The monoisotopic (exact) mass is 1490 g/mol. The van der Waals surface area contributed by atoms with Crippen molar-refractivity contribution in [3.63, 3.8) is 0 Å². The molecule has 0 aromatic heterocycles. The predicted octanol–water partition coefficient (Wildman–Crippen LogP) is -3.48. The highest BCUT2D eigenvalue weighted by Gasteiger charge is 2.37. The van der Waals surface area contributed by atoms with E-state index in [0.717, 1.165) is 5.56 Å². The van der Waals surface area contributed by atoms with Gasteiger partial charge in [0.2, 0.25) is 76.8 Å². The number of aliphatic imine (C=N–C) groups is 1. The summed E-state index contributed by atoms with van der Waals surface area (Å²) in [6.45, 7) is 9.88. The third-order valence-corrected chi connectivity index (χ3v) is 16.2. The molecule has 38 heteroatoms. The van der Waals surface area contributed by atoms with Crippen molar-refractivity contribution >= 4 is 107 Å². The minimum absolute atomic E-state index is 0.0462. The number of likely N-dealkylation sites (N-methyl/N-ethyl adjacent to an activating group) is 1. The number of carboxylic acids is 4. The van der Waals surface area contributed by atoms with Gasteiger partial charge in [0.15, 0.2) is 5.96 Å². The molecule has 588 valence electrons. The molecule has 38 nitrogen and oxygen atoms in total. The maximum atomic E-state index is 14.5. The molecule has 24 N–H and O–H groups in total. The Morgan fingerprint density at radius 1 is 0.400 bits per heavy atom. The van der Waals surface area contributed by atoms with Gasteiger partial charge in [0.1, 0.15) is 66.5 Å². The lowest BCUT2D eigenvalue weighted by atomic mass is 10.00. The molecule has 0 fully saturated rings. The molecule has 0 aliphatic rings. The number of unbranched alkanes of at least 4 members (excludes halogenated alkanes) is 2. The van der Waals surface area contributed by atoms with Crippen molar-refractivity contribution in [1.82, 2.24) is 63.8 Å². The molecule has 0 heterocycles. The Bertz CT molecular complexity index is 3130. The molecule has 0 aliphatic carbocycles. The average molecular weight is 1490 g/mol. The van der Waals surface area contributed by atoms with Crippen LogP contribution < -0.4 is 86.7 Å². The lowest BCUT2D eigenvalue weighted by Gasteiger charge is -2.28. The highest BCUT2D eigenvalue weighted by atomic mass is 16.4. The van der Waals surface area contributed by atoms with E-state index in [-0.39, 0.29) is 82.8 Å². The maximum Gasteiger partial charge on any atom is 0.303 e. The second-order valence-electron chi connectivity index (χ2n) is 25.9. The first-order valence-corrected chi connectivity index (χ1v) is 34.9. The van der Waals surface area contributed by atoms with E-state index in [1.807, 2.05) is 0 Å². The minimum Gasteiger partial charge on any atom is -0.481 e. The first kappa shape index (κ1) is 92.5. The van der Waals surface area contributed by atoms with E-state index < -0.39 is 237 Å². The Kier molecular flexibility index (Phi) is 44.0. The summed E-state index contributed by atoms with van der Waals surface area (Å²) in [5, 5.41) is 67.8. The topological polar surface area (TPSA) is 632 Å². The highest BCUT2D eigenvalue weighted by Crippen LogP contribution is 2.15. The van der Waals surface area contributed by atoms with E-state index in [0.29, 0.717) is 12.8 Å². The van der Waals surface area contributed by atoms with Gasteiger partial charge in [-0.15, -0.1) is 0 Å². The summed E-state index contributed by atoms with van der Waals surface area (Å²) < 4.78 is 0. The summed E-state index contributed by atoms with van der Waals surface area (Å²) >= 11 is 0. The summed E-state index contributed by atoms with van der Waals surface area (Å²) in [5.74, 6) is -19.3. The lowest BCUT2D eigenvalue weighted by molar-refractivity contribution is -0.140. The van der Waals surface area contributed by atoms with E-state index in [9.17, 15) is 96.8 Å². The average Bonchev–Trinajstić information content (AvgIpc) is 0.866. The molecule has 0 unspecified atom stereocenters. The van der Waals surface area contributed by atoms with Crippen LogP contribution in [-0.2, 0) is 87.9 Å². The third kappa shape index (κ3) is 39.1. The Morgan fingerprint density at radius 2 is 0.781 bits per heavy atom. The minimum atomic E-state index is -1.93. The van der Waals surface area contributed by atoms with Gasteiger partial charge in [0.25, 0.3) is 0 Å². The fourth-order valence-corrected chi connectivity index (χ4v) is 10.3. The summed E-state index contributed by atoms with van der Waals surface area (Å²) in [6, 6.07) is -8.10. The largest absolute Gasteiger partial charge is 0.481 e. The van der Waals surface area contributed by atoms with Crippen LogP contribution in [0.3, 0.4) is 0 Å². The van der Waals surface area contributed by atoms with Gasteiger partial charge in [0.05, 0.1) is 6.42 Å². The number of hydrogen-bond acceptors (Lipinski definition) is 19. The van der Waals surface area contributed by atoms with Crippen molar-refractivity contribution in [2.45, 2.75) is 243 Å². The van der Waals surface area contributed by atoms with Crippen molar-refractivity contribution in [3.8, 4) is 0 Å². The second-order valence-corrected chi connectivity index (χ2v) is 25.9. The number of rotatable bonds is 54. The van der Waals surface area contributed by atoms with Crippen LogP contribution in [0.1, 0.15) is 176 Å². The molecule has 1 aromatic carbocycles. The smallest absolute Gasteiger partial charge is 0.303 e. The zero-order valence-electron chi connectivity index (χ0n) is 60.6. The van der Waals surface area contributed by atoms with Gasteiger partial charge in [-0.2, -0.15) is 0 Å². The first-order valence-electron chi connectivity index (χ1n) is 34.9. The van der Waals surface area contributed by atoms with E-state index in [1.165, 1.54) is 14.0 Å². The van der Waals surface area contributed by atoms with Gasteiger partial charge in [-0.05, 0) is 114 Å². The number of carbonyl (C=O) groups excluding carboxylic acids is 13. The van der Waals surface area contributed by atoms with Gasteiger partial charge in [-0.3, -0.25) is 86.5 Å². The van der Waals surface area contributed by atoms with Crippen molar-refractivity contribution in [2.75, 3.05) is 20.1 Å². The molecule has 1 aromatic rings. The number of nitrogens with zero attached hydrogens (tertiary/aromatic N) is 1. The Balaban J connectivity index is 3.69. The van der Waals surface area contributed by atoms with Gasteiger partial charge in [0, 0.05) is 45.7 Å². The van der Waals surface area contributed by atoms with Crippen LogP contribution in [0.5, 0.6) is 0 Å². The number of nitrogens with two attached hydrogens (primary N) is 4. The lowest BCUT2D eigenvalue weighted by Crippen LogP contribution is -2.61. The van der Waals surface area contributed by atoms with Crippen LogP contribution in [-0.4, -0.2) is 214 Å². The summed E-state index contributed by atoms with van der Waals surface area (Å²) in [7, 11) is 1.34. The molecule has 1 rings (SSSR count). The molecule has 0 spiro atoms.